The summed E-state index contributed by atoms with van der Waals surface area (Å²) in [6.07, 6.45) is -5.84. The van der Waals surface area contributed by atoms with Gasteiger partial charge in [0.15, 0.2) is 5.78 Å². The van der Waals surface area contributed by atoms with Crippen LogP contribution in [0.25, 0.3) is 0 Å². The number of hydrogen-bond acceptors (Lipinski definition) is 6. The summed E-state index contributed by atoms with van der Waals surface area (Å²) >= 11 is 0. The predicted molar refractivity (Wildman–Crippen MR) is 116 cm³/mol. The lowest BCUT2D eigenvalue weighted by molar-refractivity contribution is -0.154. The third-order valence-electron chi connectivity index (χ3n) is 6.57. The molecule has 4 atom stereocenters. The Hall–Kier alpha value is -4.06. The van der Waals surface area contributed by atoms with Crippen LogP contribution in [-0.2, 0) is 25.4 Å². The largest absolute Gasteiger partial charge is 0.481 e. The van der Waals surface area contributed by atoms with Gasteiger partial charge in [-0.3, -0.25) is 29.3 Å². The summed E-state index contributed by atoms with van der Waals surface area (Å²) in [5, 5.41) is 22.0. The van der Waals surface area contributed by atoms with Gasteiger partial charge in [0, 0.05) is 11.6 Å². The number of benzene rings is 2. The molecule has 0 aliphatic carbocycles. The summed E-state index contributed by atoms with van der Waals surface area (Å²) in [4.78, 5) is 63.3. The highest BCUT2D eigenvalue weighted by Crippen LogP contribution is 2.51. The molecular formula is C24H19F3N2O7. The van der Waals surface area contributed by atoms with Crippen molar-refractivity contribution in [2.75, 3.05) is 4.90 Å². The fraction of sp³-hybridized carbons (Fsp3) is 0.292. The molecular weight excluding hydrogens is 485 g/mol. The van der Waals surface area contributed by atoms with Crippen molar-refractivity contribution in [1.82, 2.24) is 5.32 Å². The summed E-state index contributed by atoms with van der Waals surface area (Å²) in [6, 6.07) is 7.77. The first kappa shape index (κ1) is 25.0. The molecule has 2 saturated heterocycles. The SMILES string of the molecule is CC(=O)c1ccc(N2C(=O)C3C(c4cccc(C(F)(F)F)c4)NC(CC(=O)O)(C(=O)O)C3C2=O)cc1. The number of imide groups is 1. The Morgan fingerprint density at radius 1 is 1.03 bits per heavy atom. The van der Waals surface area contributed by atoms with Crippen LogP contribution in [0.1, 0.15) is 40.9 Å². The Morgan fingerprint density at radius 3 is 2.19 bits per heavy atom. The molecule has 2 aliphatic heterocycles. The number of carbonyl (C=O) groups is 5. The molecule has 4 unspecified atom stereocenters. The number of carboxylic acids is 2. The number of aliphatic carboxylic acids is 2. The highest BCUT2D eigenvalue weighted by molar-refractivity contribution is 6.24. The normalized spacial score (nSPS) is 25.7. The van der Waals surface area contributed by atoms with Crippen LogP contribution in [0.5, 0.6) is 0 Å². The zero-order valence-electron chi connectivity index (χ0n) is 18.6. The van der Waals surface area contributed by atoms with E-state index in [9.17, 15) is 47.4 Å². The molecule has 2 aromatic rings. The Labute approximate surface area is 201 Å². The van der Waals surface area contributed by atoms with Crippen LogP contribution in [0.3, 0.4) is 0 Å². The maximum Gasteiger partial charge on any atom is 0.416 e. The van der Waals surface area contributed by atoms with E-state index >= 15 is 0 Å². The number of hydrogen-bond donors (Lipinski definition) is 3. The minimum Gasteiger partial charge on any atom is -0.481 e. The van der Waals surface area contributed by atoms with Crippen molar-refractivity contribution in [1.29, 1.82) is 0 Å². The Balaban J connectivity index is 1.86. The molecule has 0 spiro atoms. The molecule has 0 saturated carbocycles. The van der Waals surface area contributed by atoms with E-state index in [-0.39, 0.29) is 22.6 Å². The van der Waals surface area contributed by atoms with Crippen LogP contribution in [-0.4, -0.2) is 45.3 Å². The molecule has 2 fully saturated rings. The molecule has 4 rings (SSSR count). The van der Waals surface area contributed by atoms with Crippen molar-refractivity contribution in [3.8, 4) is 0 Å². The highest BCUT2D eigenvalue weighted by Gasteiger charge is 2.69. The van der Waals surface area contributed by atoms with Crippen LogP contribution in [0, 0.1) is 11.8 Å². The highest BCUT2D eigenvalue weighted by atomic mass is 19.4. The van der Waals surface area contributed by atoms with E-state index in [0.29, 0.717) is 4.90 Å². The number of nitrogens with zero attached hydrogens (tertiary/aromatic N) is 1. The van der Waals surface area contributed by atoms with Crippen molar-refractivity contribution >= 4 is 35.2 Å². The molecule has 9 nitrogen and oxygen atoms in total. The minimum atomic E-state index is -4.74. The number of amides is 2. The maximum absolute atomic E-state index is 13.5. The molecule has 12 heteroatoms. The van der Waals surface area contributed by atoms with Gasteiger partial charge < -0.3 is 10.2 Å². The third kappa shape index (κ3) is 3.92. The van der Waals surface area contributed by atoms with Crippen molar-refractivity contribution in [3.63, 3.8) is 0 Å². The van der Waals surface area contributed by atoms with Crippen LogP contribution >= 0.6 is 0 Å². The van der Waals surface area contributed by atoms with Crippen molar-refractivity contribution in [2.24, 2.45) is 11.8 Å². The topological polar surface area (TPSA) is 141 Å². The fourth-order valence-corrected chi connectivity index (χ4v) is 4.97. The summed E-state index contributed by atoms with van der Waals surface area (Å²) in [6.45, 7) is 1.31. The summed E-state index contributed by atoms with van der Waals surface area (Å²) < 4.78 is 40.0. The molecule has 188 valence electrons. The molecule has 36 heavy (non-hydrogen) atoms. The molecule has 2 aromatic carbocycles. The second kappa shape index (κ2) is 8.55. The number of fused-ring (bicyclic) bond motifs is 1. The van der Waals surface area contributed by atoms with Crippen LogP contribution in [0.4, 0.5) is 18.9 Å². The molecule has 0 radical (unpaired) electrons. The third-order valence-corrected chi connectivity index (χ3v) is 6.57. The van der Waals surface area contributed by atoms with Crippen molar-refractivity contribution in [3.05, 3.63) is 65.2 Å². The number of anilines is 1. The number of ketones is 1. The Morgan fingerprint density at radius 2 is 1.67 bits per heavy atom. The molecule has 0 aromatic heterocycles. The first-order valence-corrected chi connectivity index (χ1v) is 10.7. The van der Waals surface area contributed by atoms with Crippen LogP contribution in [0.15, 0.2) is 48.5 Å². The zero-order valence-corrected chi connectivity index (χ0v) is 18.6. The molecule has 2 aliphatic rings. The quantitative estimate of drug-likeness (QED) is 0.403. The van der Waals surface area contributed by atoms with Gasteiger partial charge in [-0.05, 0) is 48.9 Å². The van der Waals surface area contributed by atoms with Crippen LogP contribution < -0.4 is 10.2 Å². The number of carboxylic acid groups (broad SMARTS) is 2. The lowest BCUT2D eigenvalue weighted by atomic mass is 9.77. The number of nitrogens with one attached hydrogen (secondary N) is 1. The van der Waals surface area contributed by atoms with Gasteiger partial charge >= 0.3 is 18.1 Å². The smallest absolute Gasteiger partial charge is 0.416 e. The molecule has 2 amide bonds. The van der Waals surface area contributed by atoms with Gasteiger partial charge in [-0.25, -0.2) is 4.90 Å². The second-order valence-electron chi connectivity index (χ2n) is 8.71. The lowest BCUT2D eigenvalue weighted by Crippen LogP contribution is -2.57. The monoisotopic (exact) mass is 504 g/mol. The number of Topliss-reactive ketones (excluding diaryl/α,β-unsaturated/α-hetero) is 1. The predicted octanol–water partition coefficient (Wildman–Crippen LogP) is 2.66. The average Bonchev–Trinajstić information content (AvgIpc) is 3.27. The molecule has 3 N–H and O–H groups in total. The number of halogens is 3. The fourth-order valence-electron chi connectivity index (χ4n) is 4.97. The van der Waals surface area contributed by atoms with Gasteiger partial charge in [0.25, 0.3) is 0 Å². The lowest BCUT2D eigenvalue weighted by Gasteiger charge is -2.29. The minimum absolute atomic E-state index is 0.0156. The number of carbonyl (C=O) groups excluding carboxylic acids is 3. The van der Waals surface area contributed by atoms with Gasteiger partial charge in [-0.15, -0.1) is 0 Å². The van der Waals surface area contributed by atoms with Crippen molar-refractivity contribution < 1.29 is 47.4 Å². The summed E-state index contributed by atoms with van der Waals surface area (Å²) in [5.41, 5.74) is -3.34. The van der Waals surface area contributed by atoms with E-state index in [1.54, 1.807) is 0 Å². The van der Waals surface area contributed by atoms with Gasteiger partial charge in [0.2, 0.25) is 11.8 Å². The first-order chi connectivity index (χ1) is 16.8. The Bertz CT molecular complexity index is 1290. The summed E-state index contributed by atoms with van der Waals surface area (Å²) in [5.74, 6) is -8.72. The maximum atomic E-state index is 13.5. The van der Waals surface area contributed by atoms with E-state index in [2.05, 4.69) is 5.32 Å². The van der Waals surface area contributed by atoms with Gasteiger partial charge in [-0.1, -0.05) is 12.1 Å². The first-order valence-electron chi connectivity index (χ1n) is 10.7. The van der Waals surface area contributed by atoms with E-state index in [1.165, 1.54) is 37.3 Å². The number of rotatable bonds is 6. The van der Waals surface area contributed by atoms with Gasteiger partial charge in [0.05, 0.1) is 29.5 Å². The van der Waals surface area contributed by atoms with E-state index < -0.39 is 65.3 Å². The molecule has 2 heterocycles. The van der Waals surface area contributed by atoms with Gasteiger partial charge in [0.1, 0.15) is 5.54 Å². The summed E-state index contributed by atoms with van der Waals surface area (Å²) in [7, 11) is 0. The van der Waals surface area contributed by atoms with E-state index in [4.69, 9.17) is 0 Å². The average molecular weight is 504 g/mol. The van der Waals surface area contributed by atoms with Gasteiger partial charge in [-0.2, -0.15) is 13.2 Å². The van der Waals surface area contributed by atoms with Crippen LogP contribution in [0.2, 0.25) is 0 Å². The van der Waals surface area contributed by atoms with Crippen molar-refractivity contribution in [2.45, 2.75) is 31.1 Å². The standard InChI is InChI=1S/C24H19F3N2O7/c1-11(30)12-5-7-15(8-6-12)29-20(33)17-18(21(29)34)23(22(35)36,10-16(31)32)28-19(17)13-3-2-4-14(9-13)24(25,26)27/h2-9,17-19,28H,10H2,1H3,(H,31,32)(H,35,36). The van der Waals surface area contributed by atoms with E-state index in [1.807, 2.05) is 0 Å². The Kier molecular flexibility index (Phi) is 5.95. The zero-order chi connectivity index (χ0) is 26.6. The molecule has 0 bridgehead atoms. The van der Waals surface area contributed by atoms with E-state index in [0.717, 1.165) is 18.2 Å². The number of alkyl halides is 3. The second-order valence-corrected chi connectivity index (χ2v) is 8.71.